The van der Waals surface area contributed by atoms with Crippen molar-refractivity contribution in [2.24, 2.45) is 0 Å². The van der Waals surface area contributed by atoms with Gasteiger partial charge in [0.05, 0.1) is 0 Å². The van der Waals surface area contributed by atoms with E-state index in [-0.39, 0.29) is 10.7 Å². The van der Waals surface area contributed by atoms with Crippen LogP contribution in [0.3, 0.4) is 0 Å². The number of nitrogens with two attached hydrogens (primary N) is 2. The highest BCUT2D eigenvalue weighted by Crippen LogP contribution is 2.41. The number of hydrogen-bond acceptors (Lipinski definition) is 6. The van der Waals surface area contributed by atoms with E-state index in [0.29, 0.717) is 5.13 Å². The Balaban J connectivity index is 2.59. The summed E-state index contributed by atoms with van der Waals surface area (Å²) in [6, 6.07) is 0. The number of fused-ring (bicyclic) bond motifs is 3. The van der Waals surface area contributed by atoms with Crippen molar-refractivity contribution in [1.82, 2.24) is 9.97 Å². The van der Waals surface area contributed by atoms with Gasteiger partial charge in [0, 0.05) is 10.7 Å². The standard InChI is InChI=1S/C6H5N4S3/c7-6-10-2-3-5(11-4(2)12-6)13(8)1-9-3/h1H,8H2,(H2,7,10)/q+1. The van der Waals surface area contributed by atoms with Crippen molar-refractivity contribution in [2.75, 3.05) is 10.9 Å². The van der Waals surface area contributed by atoms with Crippen molar-refractivity contribution in [2.45, 2.75) is 0 Å². The lowest BCUT2D eigenvalue weighted by Crippen LogP contribution is -1.79. The molecule has 66 valence electrons. The zero-order chi connectivity index (χ0) is 9.00. The Morgan fingerprint density at radius 2 is 2.15 bits per heavy atom. The molecule has 0 aliphatic heterocycles. The molecule has 3 aromatic rings. The molecule has 3 heterocycles. The third kappa shape index (κ3) is 0.923. The van der Waals surface area contributed by atoms with E-state index in [1.165, 1.54) is 11.3 Å². The van der Waals surface area contributed by atoms with E-state index in [2.05, 4.69) is 9.97 Å². The van der Waals surface area contributed by atoms with Crippen LogP contribution < -0.4 is 10.9 Å². The van der Waals surface area contributed by atoms with Crippen LogP contribution in [-0.4, -0.2) is 9.97 Å². The topological polar surface area (TPSA) is 77.8 Å². The van der Waals surface area contributed by atoms with E-state index in [0.717, 1.165) is 19.1 Å². The van der Waals surface area contributed by atoms with Gasteiger partial charge in [-0.1, -0.05) is 11.3 Å². The monoisotopic (exact) mass is 229 g/mol. The molecule has 0 bridgehead atoms. The zero-order valence-electron chi connectivity index (χ0n) is 6.35. The number of thiazole rings is 2. The molecule has 0 fully saturated rings. The van der Waals surface area contributed by atoms with Gasteiger partial charge in [0.2, 0.25) is 4.01 Å². The van der Waals surface area contributed by atoms with Gasteiger partial charge in [-0.25, -0.2) is 9.97 Å². The van der Waals surface area contributed by atoms with Gasteiger partial charge in [-0.2, -0.15) is 5.14 Å². The van der Waals surface area contributed by atoms with Crippen molar-refractivity contribution < 1.29 is 0 Å². The maximum absolute atomic E-state index is 5.84. The van der Waals surface area contributed by atoms with Crippen LogP contribution in [-0.2, 0) is 0 Å². The molecule has 3 aromatic heterocycles. The summed E-state index contributed by atoms with van der Waals surface area (Å²) < 4.78 is 2.26. The molecule has 0 amide bonds. The van der Waals surface area contributed by atoms with E-state index in [4.69, 9.17) is 10.9 Å². The van der Waals surface area contributed by atoms with Crippen molar-refractivity contribution in [1.29, 1.82) is 0 Å². The molecule has 4 N–H and O–H groups in total. The van der Waals surface area contributed by atoms with E-state index in [9.17, 15) is 0 Å². The minimum atomic E-state index is -0.313. The van der Waals surface area contributed by atoms with Crippen LogP contribution in [0.2, 0.25) is 0 Å². The maximum atomic E-state index is 5.84. The van der Waals surface area contributed by atoms with E-state index in [1.54, 1.807) is 16.8 Å². The molecule has 0 aliphatic rings. The third-order valence-corrected chi connectivity index (χ3v) is 5.44. The largest absolute Gasteiger partial charge is 0.375 e. The number of anilines is 1. The molecule has 0 aromatic carbocycles. The fourth-order valence-electron chi connectivity index (χ4n) is 1.20. The van der Waals surface area contributed by atoms with Crippen LogP contribution >= 0.6 is 33.3 Å². The van der Waals surface area contributed by atoms with Crippen LogP contribution in [0.15, 0.2) is 5.51 Å². The fourth-order valence-corrected chi connectivity index (χ4v) is 4.70. The number of hydrogen-bond donors (Lipinski definition) is 2. The van der Waals surface area contributed by atoms with Crippen molar-refractivity contribution in [3.05, 3.63) is 5.51 Å². The number of rotatable bonds is 0. The molecule has 0 saturated heterocycles. The van der Waals surface area contributed by atoms with Gasteiger partial charge in [-0.15, -0.1) is 0 Å². The SMILES string of the molecule is Nc1nc2c(s1)sc1c2nc[s+]1N. The molecule has 0 radical (unpaired) electrons. The first kappa shape index (κ1) is 7.63. The first-order chi connectivity index (χ1) is 6.25. The summed E-state index contributed by atoms with van der Waals surface area (Å²) in [7, 11) is -0.313. The van der Waals surface area contributed by atoms with Gasteiger partial charge in [0.15, 0.2) is 16.2 Å². The van der Waals surface area contributed by atoms with Crippen molar-refractivity contribution in [3.8, 4) is 0 Å². The van der Waals surface area contributed by atoms with Gasteiger partial charge in [0.25, 0.3) is 4.01 Å². The predicted octanol–water partition coefficient (Wildman–Crippen LogP) is 1.95. The molecular weight excluding hydrogens is 224 g/mol. The highest BCUT2D eigenvalue weighted by Gasteiger charge is 2.22. The lowest BCUT2D eigenvalue weighted by molar-refractivity contribution is 1.47. The van der Waals surface area contributed by atoms with Crippen molar-refractivity contribution in [3.63, 3.8) is 0 Å². The van der Waals surface area contributed by atoms with Gasteiger partial charge in [-0.05, 0) is 0 Å². The van der Waals surface area contributed by atoms with Crippen LogP contribution in [0.4, 0.5) is 5.13 Å². The fraction of sp³-hybridized carbons (Fsp3) is 0. The molecule has 3 rings (SSSR count). The summed E-state index contributed by atoms with van der Waals surface area (Å²) in [5, 5.41) is 6.44. The summed E-state index contributed by atoms with van der Waals surface area (Å²) in [5.74, 6) is 0. The number of aromatic nitrogens is 2. The average Bonchev–Trinajstić information content (AvgIpc) is 2.65. The molecule has 7 heteroatoms. The van der Waals surface area contributed by atoms with Crippen molar-refractivity contribution >= 4 is 57.5 Å². The summed E-state index contributed by atoms with van der Waals surface area (Å²) in [6.45, 7) is 0. The molecule has 1 unspecified atom stereocenters. The Morgan fingerprint density at radius 1 is 1.31 bits per heavy atom. The summed E-state index contributed by atoms with van der Waals surface area (Å²) in [4.78, 5) is 8.46. The minimum absolute atomic E-state index is 0.313. The van der Waals surface area contributed by atoms with Crippen LogP contribution in [0.5, 0.6) is 0 Å². The van der Waals surface area contributed by atoms with Crippen LogP contribution in [0.1, 0.15) is 0 Å². The maximum Gasteiger partial charge on any atom is 0.293 e. The highest BCUT2D eigenvalue weighted by molar-refractivity contribution is 7.54. The Labute approximate surface area is 83.9 Å². The number of nitrogen functional groups attached to an aromatic ring is 2. The molecule has 0 aliphatic carbocycles. The van der Waals surface area contributed by atoms with Gasteiger partial charge in [-0.3, -0.25) is 0 Å². The quantitative estimate of drug-likeness (QED) is 0.578. The Morgan fingerprint density at radius 3 is 3.00 bits per heavy atom. The second-order valence-electron chi connectivity index (χ2n) is 2.53. The molecule has 0 saturated carbocycles. The van der Waals surface area contributed by atoms with Crippen LogP contribution in [0.25, 0.3) is 19.1 Å². The molecule has 13 heavy (non-hydrogen) atoms. The molecular formula is C6H5N4S3+. The van der Waals surface area contributed by atoms with Gasteiger partial charge < -0.3 is 5.73 Å². The molecule has 0 spiro atoms. The average molecular weight is 229 g/mol. The highest BCUT2D eigenvalue weighted by atomic mass is 32.2. The van der Waals surface area contributed by atoms with Gasteiger partial charge >= 0.3 is 0 Å². The van der Waals surface area contributed by atoms with E-state index >= 15 is 0 Å². The zero-order valence-corrected chi connectivity index (χ0v) is 8.80. The van der Waals surface area contributed by atoms with Crippen LogP contribution in [0, 0.1) is 0 Å². The summed E-state index contributed by atoms with van der Waals surface area (Å²) >= 11 is 3.15. The second kappa shape index (κ2) is 2.38. The Kier molecular flexibility index (Phi) is 1.40. The number of thiophene rings is 1. The summed E-state index contributed by atoms with van der Waals surface area (Å²) in [6.07, 6.45) is 0. The van der Waals surface area contributed by atoms with E-state index in [1.807, 2.05) is 0 Å². The smallest absolute Gasteiger partial charge is 0.293 e. The first-order valence-electron chi connectivity index (χ1n) is 3.46. The Hall–Kier alpha value is -0.760. The minimum Gasteiger partial charge on any atom is -0.375 e. The lowest BCUT2D eigenvalue weighted by atomic mass is 10.5. The summed E-state index contributed by atoms with van der Waals surface area (Å²) in [5.41, 5.74) is 9.22. The lowest BCUT2D eigenvalue weighted by Gasteiger charge is -1.72. The van der Waals surface area contributed by atoms with E-state index < -0.39 is 0 Å². The second-order valence-corrected chi connectivity index (χ2v) is 6.46. The first-order valence-corrected chi connectivity index (χ1v) is 6.44. The molecule has 4 nitrogen and oxygen atoms in total. The third-order valence-electron chi connectivity index (χ3n) is 1.73. The Bertz CT molecular complexity index is 589. The predicted molar refractivity (Wildman–Crippen MR) is 59.8 cm³/mol. The van der Waals surface area contributed by atoms with Gasteiger partial charge in [0.1, 0.15) is 16.9 Å². The number of nitrogens with zero attached hydrogens (tertiary/aromatic N) is 2. The molecule has 1 atom stereocenters. The normalized spacial score (nSPS) is 13.2.